The Labute approximate surface area is 291 Å². The minimum Gasteiger partial charge on any atom is -0.352 e. The molecule has 246 valence electrons. The van der Waals surface area contributed by atoms with Crippen LogP contribution in [-0.4, -0.2) is 43.8 Å². The van der Waals surface area contributed by atoms with Crippen LogP contribution in [0, 0.1) is 6.92 Å². The van der Waals surface area contributed by atoms with E-state index in [1.807, 2.05) is 54.6 Å². The number of aryl methyl sites for hydroxylation is 1. The second-order valence-electron chi connectivity index (χ2n) is 12.0. The Kier molecular flexibility index (Phi) is 11.8. The number of amides is 2. The lowest BCUT2D eigenvalue weighted by molar-refractivity contribution is -0.140. The molecule has 4 aromatic carbocycles. The van der Waals surface area contributed by atoms with E-state index in [-0.39, 0.29) is 29.8 Å². The highest BCUT2D eigenvalue weighted by Gasteiger charge is 2.36. The summed E-state index contributed by atoms with van der Waals surface area (Å²) in [6, 6.07) is 29.3. The van der Waals surface area contributed by atoms with E-state index in [1.165, 1.54) is 17.0 Å². The Morgan fingerprint density at radius 2 is 1.53 bits per heavy atom. The second-order valence-corrected chi connectivity index (χ2v) is 15.2. The van der Waals surface area contributed by atoms with E-state index >= 15 is 0 Å². The van der Waals surface area contributed by atoms with Crippen molar-refractivity contribution in [3.8, 4) is 0 Å². The van der Waals surface area contributed by atoms with Crippen LogP contribution in [0.4, 0.5) is 5.69 Å². The zero-order valence-corrected chi connectivity index (χ0v) is 29.5. The number of carbonyl (C=O) groups excluding carboxylic acids is 2. The van der Waals surface area contributed by atoms with Crippen LogP contribution in [0.1, 0.15) is 48.8 Å². The maximum Gasteiger partial charge on any atom is 0.264 e. The van der Waals surface area contributed by atoms with Crippen molar-refractivity contribution >= 4 is 55.1 Å². The van der Waals surface area contributed by atoms with Crippen molar-refractivity contribution in [3.05, 3.63) is 129 Å². The van der Waals surface area contributed by atoms with Gasteiger partial charge in [0.15, 0.2) is 0 Å². The zero-order chi connectivity index (χ0) is 33.4. The number of nitrogens with zero attached hydrogens (tertiary/aromatic N) is 2. The van der Waals surface area contributed by atoms with Gasteiger partial charge in [-0.15, -0.1) is 0 Å². The van der Waals surface area contributed by atoms with Crippen molar-refractivity contribution in [3.63, 3.8) is 0 Å². The van der Waals surface area contributed by atoms with Crippen molar-refractivity contribution < 1.29 is 18.0 Å². The van der Waals surface area contributed by atoms with Gasteiger partial charge in [0, 0.05) is 28.5 Å². The summed E-state index contributed by atoms with van der Waals surface area (Å²) in [7, 11) is -4.21. The van der Waals surface area contributed by atoms with Gasteiger partial charge >= 0.3 is 0 Å². The number of benzene rings is 4. The highest BCUT2D eigenvalue weighted by atomic mass is 79.9. The van der Waals surface area contributed by atoms with E-state index in [9.17, 15) is 18.0 Å². The molecule has 0 spiro atoms. The molecule has 0 radical (unpaired) electrons. The van der Waals surface area contributed by atoms with E-state index < -0.39 is 28.5 Å². The summed E-state index contributed by atoms with van der Waals surface area (Å²) in [5.74, 6) is -0.760. The maximum atomic E-state index is 14.7. The molecule has 1 aliphatic carbocycles. The maximum absolute atomic E-state index is 14.7. The molecule has 5 rings (SSSR count). The molecule has 0 heterocycles. The van der Waals surface area contributed by atoms with Crippen LogP contribution in [0.5, 0.6) is 0 Å². The summed E-state index contributed by atoms with van der Waals surface area (Å²) in [5, 5.41) is 3.58. The Morgan fingerprint density at radius 3 is 2.21 bits per heavy atom. The molecule has 47 heavy (non-hydrogen) atoms. The lowest BCUT2D eigenvalue weighted by Gasteiger charge is -2.35. The van der Waals surface area contributed by atoms with Gasteiger partial charge in [0.05, 0.1) is 10.6 Å². The fraction of sp³-hybridized carbons (Fsp3) is 0.297. The molecule has 1 atom stereocenters. The Hall–Kier alpha value is -3.66. The van der Waals surface area contributed by atoms with E-state index in [1.54, 1.807) is 43.3 Å². The third-order valence-corrected chi connectivity index (χ3v) is 11.0. The van der Waals surface area contributed by atoms with Crippen LogP contribution in [0.2, 0.25) is 5.02 Å². The molecule has 10 heteroatoms. The molecule has 7 nitrogen and oxygen atoms in total. The Morgan fingerprint density at radius 1 is 0.872 bits per heavy atom. The third kappa shape index (κ3) is 9.03. The molecule has 1 aliphatic rings. The quantitative estimate of drug-likeness (QED) is 0.162. The van der Waals surface area contributed by atoms with E-state index in [4.69, 9.17) is 11.6 Å². The zero-order valence-electron chi connectivity index (χ0n) is 26.3. The number of nitrogens with one attached hydrogen (secondary N) is 1. The van der Waals surface area contributed by atoms with Crippen LogP contribution in [0.3, 0.4) is 0 Å². The van der Waals surface area contributed by atoms with E-state index in [0.29, 0.717) is 16.3 Å². The molecular formula is C37H39BrClN3O4S. The van der Waals surface area contributed by atoms with Crippen LogP contribution in [-0.2, 0) is 32.6 Å². The lowest BCUT2D eigenvalue weighted by atomic mass is 9.94. The molecule has 4 aromatic rings. The lowest BCUT2D eigenvalue weighted by Crippen LogP contribution is -2.55. The van der Waals surface area contributed by atoms with Gasteiger partial charge in [-0.1, -0.05) is 114 Å². The summed E-state index contributed by atoms with van der Waals surface area (Å²) in [6.45, 7) is 1.34. The molecule has 0 bridgehead atoms. The van der Waals surface area contributed by atoms with Gasteiger partial charge < -0.3 is 10.2 Å². The predicted octanol–water partition coefficient (Wildman–Crippen LogP) is 7.70. The summed E-state index contributed by atoms with van der Waals surface area (Å²) in [4.78, 5) is 30.5. The van der Waals surface area contributed by atoms with Crippen molar-refractivity contribution in [2.75, 3.05) is 10.8 Å². The first kappa shape index (κ1) is 34.7. The van der Waals surface area contributed by atoms with Gasteiger partial charge in [-0.3, -0.25) is 13.9 Å². The molecule has 1 N–H and O–H groups in total. The third-order valence-electron chi connectivity index (χ3n) is 8.51. The number of sulfonamides is 1. The first-order chi connectivity index (χ1) is 22.6. The molecule has 0 aromatic heterocycles. The topological polar surface area (TPSA) is 86.8 Å². The number of anilines is 1. The minimum atomic E-state index is -4.21. The first-order valence-corrected chi connectivity index (χ1v) is 18.4. The predicted molar refractivity (Wildman–Crippen MR) is 191 cm³/mol. The number of halogens is 2. The first-order valence-electron chi connectivity index (χ1n) is 15.8. The Bertz CT molecular complexity index is 1780. The van der Waals surface area contributed by atoms with Crippen LogP contribution < -0.4 is 9.62 Å². The molecular weight excluding hydrogens is 698 g/mol. The van der Waals surface area contributed by atoms with Gasteiger partial charge in [0.2, 0.25) is 11.8 Å². The average molecular weight is 737 g/mol. The van der Waals surface area contributed by atoms with E-state index in [2.05, 4.69) is 21.2 Å². The average Bonchev–Trinajstić information content (AvgIpc) is 3.07. The van der Waals surface area contributed by atoms with Crippen molar-refractivity contribution in [1.82, 2.24) is 10.2 Å². The highest BCUT2D eigenvalue weighted by molar-refractivity contribution is 9.10. The SMILES string of the molecule is Cc1ccc(Cl)cc1N(CC(=O)N(Cc1cccc(Br)c1)[C@@H](Cc1ccccc1)C(=O)NC1CCCCC1)S(=O)(=O)c1ccccc1. The summed E-state index contributed by atoms with van der Waals surface area (Å²) in [6.07, 6.45) is 5.27. The largest absolute Gasteiger partial charge is 0.352 e. The number of rotatable bonds is 12. The van der Waals surface area contributed by atoms with Crippen LogP contribution in [0.15, 0.2) is 112 Å². The van der Waals surface area contributed by atoms with Crippen molar-refractivity contribution in [2.24, 2.45) is 0 Å². The van der Waals surface area contributed by atoms with Gasteiger partial charge in [0.25, 0.3) is 10.0 Å². The molecule has 1 fully saturated rings. The van der Waals surface area contributed by atoms with Crippen molar-refractivity contribution in [1.29, 1.82) is 0 Å². The highest BCUT2D eigenvalue weighted by Crippen LogP contribution is 2.30. The summed E-state index contributed by atoms with van der Waals surface area (Å²) >= 11 is 9.91. The van der Waals surface area contributed by atoms with Crippen LogP contribution in [0.25, 0.3) is 0 Å². The number of carbonyl (C=O) groups is 2. The summed E-state index contributed by atoms with van der Waals surface area (Å²) < 4.78 is 30.4. The number of hydrogen-bond acceptors (Lipinski definition) is 4. The fourth-order valence-electron chi connectivity index (χ4n) is 6.01. The molecule has 1 saturated carbocycles. The van der Waals surface area contributed by atoms with Gasteiger partial charge in [-0.05, 0) is 72.9 Å². The molecule has 0 aliphatic heterocycles. The van der Waals surface area contributed by atoms with Gasteiger partial charge in [0.1, 0.15) is 12.6 Å². The smallest absolute Gasteiger partial charge is 0.264 e. The minimum absolute atomic E-state index is 0.0291. The molecule has 0 unspecified atom stereocenters. The Balaban J connectivity index is 1.58. The second kappa shape index (κ2) is 16.0. The monoisotopic (exact) mass is 735 g/mol. The fourth-order valence-corrected chi connectivity index (χ4v) is 8.12. The van der Waals surface area contributed by atoms with Gasteiger partial charge in [-0.25, -0.2) is 8.42 Å². The standard InChI is InChI=1S/C37H39BrClN3O4S/c1-27-20-21-31(39)24-34(27)42(47(45,46)33-18-9-4-10-19-33)26-36(43)41(25-29-14-11-15-30(38)22-29)35(23-28-12-5-2-6-13-28)37(44)40-32-16-7-3-8-17-32/h2,4-6,9-15,18-22,24,32,35H,3,7-8,16-17,23,25-26H2,1H3,(H,40,44)/t35-/m0/s1. The summed E-state index contributed by atoms with van der Waals surface area (Å²) in [5.41, 5.74) is 2.62. The molecule has 0 saturated heterocycles. The van der Waals surface area contributed by atoms with Crippen molar-refractivity contribution in [2.45, 2.75) is 69.0 Å². The molecule has 2 amide bonds. The van der Waals surface area contributed by atoms with E-state index in [0.717, 1.165) is 52.0 Å². The number of hydrogen-bond donors (Lipinski definition) is 1. The van der Waals surface area contributed by atoms with Crippen LogP contribution >= 0.6 is 27.5 Å². The normalized spacial score (nSPS) is 14.3. The van der Waals surface area contributed by atoms with Gasteiger partial charge in [-0.2, -0.15) is 0 Å².